The average molecular weight is 283 g/mol. The third-order valence-corrected chi connectivity index (χ3v) is 4.90. The van der Waals surface area contributed by atoms with Gasteiger partial charge in [0.1, 0.15) is 0 Å². The summed E-state index contributed by atoms with van der Waals surface area (Å²) in [5.74, 6) is 2.44. The maximum Gasteiger partial charge on any atom is 0.221 e. The van der Waals surface area contributed by atoms with Gasteiger partial charge in [-0.25, -0.2) is 0 Å². The predicted molar refractivity (Wildman–Crippen MR) is 81.5 cm³/mol. The molecule has 1 atom stereocenters. The average Bonchev–Trinajstić information content (AvgIpc) is 2.42. The van der Waals surface area contributed by atoms with Gasteiger partial charge in [0, 0.05) is 56.2 Å². The first-order valence-electron chi connectivity index (χ1n) is 7.21. The molecule has 4 nitrogen and oxygen atoms in total. The van der Waals surface area contributed by atoms with Gasteiger partial charge in [0.15, 0.2) is 0 Å². The van der Waals surface area contributed by atoms with Crippen molar-refractivity contribution in [2.75, 3.05) is 37.7 Å². The molecule has 2 fully saturated rings. The van der Waals surface area contributed by atoms with Crippen molar-refractivity contribution in [1.82, 2.24) is 15.5 Å². The molecule has 2 heterocycles. The molecule has 2 rings (SSSR count). The molecule has 108 valence electrons. The van der Waals surface area contributed by atoms with Gasteiger partial charge in [-0.1, -0.05) is 6.08 Å². The number of carbonyl (C=O) groups is 1. The van der Waals surface area contributed by atoms with Crippen LogP contribution in [0.3, 0.4) is 0 Å². The Morgan fingerprint density at radius 2 is 2.26 bits per heavy atom. The number of amides is 1. The van der Waals surface area contributed by atoms with Crippen LogP contribution in [-0.2, 0) is 4.79 Å². The summed E-state index contributed by atoms with van der Waals surface area (Å²) in [5.41, 5.74) is 0. The Bertz CT molecular complexity index is 297. The lowest BCUT2D eigenvalue weighted by molar-refractivity contribution is -0.122. The van der Waals surface area contributed by atoms with E-state index in [4.69, 9.17) is 0 Å². The second-order valence-electron chi connectivity index (χ2n) is 5.36. The summed E-state index contributed by atoms with van der Waals surface area (Å²) in [7, 11) is 0. The molecule has 0 radical (unpaired) electrons. The molecule has 0 aliphatic carbocycles. The van der Waals surface area contributed by atoms with E-state index in [1.807, 2.05) is 17.8 Å². The van der Waals surface area contributed by atoms with Crippen LogP contribution < -0.4 is 10.6 Å². The molecule has 0 spiro atoms. The van der Waals surface area contributed by atoms with E-state index in [1.54, 1.807) is 0 Å². The standard InChI is InChI=1S/C14H25N3OS/c1-2-6-17-7-3-12(4-8-17)16-14(18)10-13-11-19-9-5-15-13/h2,12-13,15H,1,3-11H2,(H,16,18). The molecule has 0 aromatic rings. The van der Waals surface area contributed by atoms with Gasteiger partial charge in [-0.2, -0.15) is 11.8 Å². The molecule has 19 heavy (non-hydrogen) atoms. The molecule has 2 saturated heterocycles. The molecule has 0 aromatic carbocycles. The van der Waals surface area contributed by atoms with Crippen molar-refractivity contribution in [3.8, 4) is 0 Å². The lowest BCUT2D eigenvalue weighted by atomic mass is 10.0. The number of piperidine rings is 1. The third-order valence-electron chi connectivity index (χ3n) is 3.77. The first-order valence-corrected chi connectivity index (χ1v) is 8.37. The highest BCUT2D eigenvalue weighted by Crippen LogP contribution is 2.12. The van der Waals surface area contributed by atoms with Crippen molar-refractivity contribution < 1.29 is 4.79 Å². The Hall–Kier alpha value is -0.520. The van der Waals surface area contributed by atoms with E-state index in [1.165, 1.54) is 5.75 Å². The van der Waals surface area contributed by atoms with Gasteiger partial charge in [-0.3, -0.25) is 9.69 Å². The lowest BCUT2D eigenvalue weighted by Crippen LogP contribution is -2.47. The molecule has 5 heteroatoms. The summed E-state index contributed by atoms with van der Waals surface area (Å²) < 4.78 is 0. The highest BCUT2D eigenvalue weighted by Gasteiger charge is 2.22. The summed E-state index contributed by atoms with van der Waals surface area (Å²) in [6.45, 7) is 7.89. The fourth-order valence-corrected chi connectivity index (χ4v) is 3.65. The van der Waals surface area contributed by atoms with Crippen LogP contribution in [0.5, 0.6) is 0 Å². The van der Waals surface area contributed by atoms with Gasteiger partial charge in [-0.05, 0) is 12.8 Å². The first kappa shape index (κ1) is 14.9. The van der Waals surface area contributed by atoms with E-state index in [0.29, 0.717) is 18.5 Å². The molecular weight excluding hydrogens is 258 g/mol. The molecule has 2 aliphatic heterocycles. The largest absolute Gasteiger partial charge is 0.353 e. The summed E-state index contributed by atoms with van der Waals surface area (Å²) in [6.07, 6.45) is 4.70. The number of carbonyl (C=O) groups excluding carboxylic acids is 1. The van der Waals surface area contributed by atoms with Gasteiger partial charge < -0.3 is 10.6 Å². The second-order valence-corrected chi connectivity index (χ2v) is 6.51. The van der Waals surface area contributed by atoms with Crippen LogP contribution in [0.4, 0.5) is 0 Å². The monoisotopic (exact) mass is 283 g/mol. The number of rotatable bonds is 5. The summed E-state index contributed by atoms with van der Waals surface area (Å²) >= 11 is 1.94. The minimum absolute atomic E-state index is 0.210. The van der Waals surface area contributed by atoms with Crippen molar-refractivity contribution in [1.29, 1.82) is 0 Å². The Balaban J connectivity index is 1.64. The summed E-state index contributed by atoms with van der Waals surface area (Å²) in [6, 6.07) is 0.726. The van der Waals surface area contributed by atoms with Gasteiger partial charge in [0.2, 0.25) is 5.91 Å². The highest BCUT2D eigenvalue weighted by atomic mass is 32.2. The van der Waals surface area contributed by atoms with Crippen LogP contribution in [0.1, 0.15) is 19.3 Å². The van der Waals surface area contributed by atoms with E-state index in [0.717, 1.165) is 44.8 Å². The first-order chi connectivity index (χ1) is 9.28. The van der Waals surface area contributed by atoms with Crippen molar-refractivity contribution in [3.05, 3.63) is 12.7 Å². The maximum atomic E-state index is 12.0. The van der Waals surface area contributed by atoms with E-state index < -0.39 is 0 Å². The Kier molecular flexibility index (Phi) is 6.20. The molecule has 0 aromatic heterocycles. The van der Waals surface area contributed by atoms with Crippen molar-refractivity contribution in [2.24, 2.45) is 0 Å². The molecule has 2 aliphatic rings. The lowest BCUT2D eigenvalue weighted by Gasteiger charge is -2.32. The SMILES string of the molecule is C=CCN1CCC(NC(=O)CC2CSCCN2)CC1. The second kappa shape index (κ2) is 7.92. The number of nitrogens with one attached hydrogen (secondary N) is 2. The summed E-state index contributed by atoms with van der Waals surface area (Å²) in [5, 5.41) is 6.60. The zero-order valence-electron chi connectivity index (χ0n) is 11.6. The zero-order valence-corrected chi connectivity index (χ0v) is 12.4. The van der Waals surface area contributed by atoms with Crippen molar-refractivity contribution >= 4 is 17.7 Å². The molecule has 1 unspecified atom stereocenters. The smallest absolute Gasteiger partial charge is 0.221 e. The number of nitrogens with zero attached hydrogens (tertiary/aromatic N) is 1. The molecule has 0 bridgehead atoms. The Labute approximate surface area is 120 Å². The van der Waals surface area contributed by atoms with Gasteiger partial charge in [-0.15, -0.1) is 6.58 Å². The van der Waals surface area contributed by atoms with Gasteiger partial charge in [0.25, 0.3) is 0 Å². The van der Waals surface area contributed by atoms with E-state index >= 15 is 0 Å². The van der Waals surface area contributed by atoms with Crippen molar-refractivity contribution in [3.63, 3.8) is 0 Å². The number of likely N-dealkylation sites (tertiary alicyclic amines) is 1. The third kappa shape index (κ3) is 5.16. The fraction of sp³-hybridized carbons (Fsp3) is 0.786. The zero-order chi connectivity index (χ0) is 13.5. The van der Waals surface area contributed by atoms with Crippen LogP contribution in [0.25, 0.3) is 0 Å². The molecule has 1 amide bonds. The summed E-state index contributed by atoms with van der Waals surface area (Å²) in [4.78, 5) is 14.4. The number of hydrogen-bond acceptors (Lipinski definition) is 4. The van der Waals surface area contributed by atoms with Crippen LogP contribution >= 0.6 is 11.8 Å². The van der Waals surface area contributed by atoms with Gasteiger partial charge >= 0.3 is 0 Å². The predicted octanol–water partition coefficient (Wildman–Crippen LogP) is 0.848. The topological polar surface area (TPSA) is 44.4 Å². The molecule has 2 N–H and O–H groups in total. The number of thioether (sulfide) groups is 1. The van der Waals surface area contributed by atoms with Crippen LogP contribution in [0.2, 0.25) is 0 Å². The molecule has 0 saturated carbocycles. The highest BCUT2D eigenvalue weighted by molar-refractivity contribution is 7.99. The van der Waals surface area contributed by atoms with Crippen LogP contribution in [0, 0.1) is 0 Å². The van der Waals surface area contributed by atoms with Crippen molar-refractivity contribution in [2.45, 2.75) is 31.3 Å². The normalized spacial score (nSPS) is 26.0. The molecular formula is C14H25N3OS. The Morgan fingerprint density at radius 1 is 1.47 bits per heavy atom. The fourth-order valence-electron chi connectivity index (χ4n) is 2.70. The van der Waals surface area contributed by atoms with Crippen LogP contribution in [-0.4, -0.2) is 60.6 Å². The van der Waals surface area contributed by atoms with E-state index in [9.17, 15) is 4.79 Å². The van der Waals surface area contributed by atoms with Crippen LogP contribution in [0.15, 0.2) is 12.7 Å². The quantitative estimate of drug-likeness (QED) is 0.734. The number of hydrogen-bond donors (Lipinski definition) is 2. The van der Waals surface area contributed by atoms with E-state index in [-0.39, 0.29) is 5.91 Å². The minimum atomic E-state index is 0.210. The Morgan fingerprint density at radius 3 is 2.89 bits per heavy atom. The van der Waals surface area contributed by atoms with Gasteiger partial charge in [0.05, 0.1) is 0 Å². The van der Waals surface area contributed by atoms with E-state index in [2.05, 4.69) is 22.1 Å². The minimum Gasteiger partial charge on any atom is -0.353 e. The maximum absolute atomic E-state index is 12.0.